The highest BCUT2D eigenvalue weighted by Crippen LogP contribution is 2.32. The molecule has 0 bridgehead atoms. The highest BCUT2D eigenvalue weighted by molar-refractivity contribution is 6.26. The number of carbonyl (C=O) groups excluding carboxylic acids is 3. The molecule has 0 atom stereocenters. The topological polar surface area (TPSA) is 72.5 Å². The molecule has 0 heterocycles. The van der Waals surface area contributed by atoms with Crippen molar-refractivity contribution < 1.29 is 41.1 Å². The van der Waals surface area contributed by atoms with Gasteiger partial charge in [0.25, 0.3) is 0 Å². The van der Waals surface area contributed by atoms with Gasteiger partial charge in [0, 0.05) is 6.54 Å². The number of allylic oxidation sites excluding steroid dienone is 2. The highest BCUT2D eigenvalue weighted by atomic mass is 19.2. The molecule has 134 valence electrons. The largest absolute Gasteiger partial charge is 0.466 e. The van der Waals surface area contributed by atoms with E-state index in [2.05, 4.69) is 10.1 Å². The molecule has 1 aromatic rings. The molecule has 1 N–H and O–H groups in total. The van der Waals surface area contributed by atoms with Crippen LogP contribution in [-0.4, -0.2) is 30.7 Å². The Morgan fingerprint density at radius 3 is 1.96 bits per heavy atom. The number of carbonyl (C=O) groups is 3. The lowest BCUT2D eigenvalue weighted by Gasteiger charge is -2.19. The zero-order valence-electron chi connectivity index (χ0n) is 12.6. The van der Waals surface area contributed by atoms with Crippen LogP contribution < -0.4 is 5.32 Å². The second-order valence-corrected chi connectivity index (χ2v) is 4.83. The van der Waals surface area contributed by atoms with Crippen molar-refractivity contribution in [2.24, 2.45) is 0 Å². The Morgan fingerprint density at radius 2 is 1.44 bits per heavy atom. The molecule has 1 aliphatic carbocycles. The number of esters is 1. The summed E-state index contributed by atoms with van der Waals surface area (Å²) in [6.45, 7) is 1.25. The average Bonchev–Trinajstić information content (AvgIpc) is 2.57. The molecule has 1 aliphatic rings. The quantitative estimate of drug-likeness (QED) is 0.376. The number of fused-ring (bicyclic) bond motifs is 1. The number of rotatable bonds is 5. The molecular weight excluding hydrogens is 353 g/mol. The second kappa shape index (κ2) is 6.99. The van der Waals surface area contributed by atoms with Gasteiger partial charge >= 0.3 is 5.97 Å². The van der Waals surface area contributed by atoms with Crippen LogP contribution in [0, 0.1) is 23.3 Å². The van der Waals surface area contributed by atoms with Gasteiger partial charge in [0.05, 0.1) is 24.2 Å². The summed E-state index contributed by atoms with van der Waals surface area (Å²) in [7, 11) is 0. The van der Waals surface area contributed by atoms with E-state index in [0.29, 0.717) is 0 Å². The summed E-state index contributed by atoms with van der Waals surface area (Å²) < 4.78 is 72.6. The molecule has 0 unspecified atom stereocenters. The van der Waals surface area contributed by atoms with E-state index < -0.39 is 63.5 Å². The monoisotopic (exact) mass is 363 g/mol. The molecule has 5 nitrogen and oxygen atoms in total. The Morgan fingerprint density at radius 1 is 0.920 bits per heavy atom. The van der Waals surface area contributed by atoms with E-state index in [1.807, 2.05) is 0 Å². The number of ether oxygens (including phenoxy) is 1. The van der Waals surface area contributed by atoms with Crippen molar-refractivity contribution >= 4 is 17.5 Å². The van der Waals surface area contributed by atoms with E-state index in [4.69, 9.17) is 0 Å². The first-order chi connectivity index (χ1) is 11.7. The molecular formula is C15H10F5NO4. The average molecular weight is 363 g/mol. The lowest BCUT2D eigenvalue weighted by atomic mass is 9.90. The molecule has 0 aliphatic heterocycles. The van der Waals surface area contributed by atoms with Crippen LogP contribution in [0.3, 0.4) is 0 Å². The fourth-order valence-corrected chi connectivity index (χ4v) is 2.19. The van der Waals surface area contributed by atoms with Crippen molar-refractivity contribution in [1.82, 2.24) is 5.32 Å². The van der Waals surface area contributed by atoms with Crippen LogP contribution in [0.5, 0.6) is 0 Å². The zero-order chi connectivity index (χ0) is 18.9. The number of hydrogen-bond acceptors (Lipinski definition) is 5. The smallest absolute Gasteiger partial charge is 0.307 e. The van der Waals surface area contributed by atoms with Gasteiger partial charge in [0.2, 0.25) is 11.6 Å². The molecule has 0 radical (unpaired) electrons. The molecule has 0 spiro atoms. The van der Waals surface area contributed by atoms with E-state index >= 15 is 0 Å². The predicted octanol–water partition coefficient (Wildman–Crippen LogP) is 2.35. The summed E-state index contributed by atoms with van der Waals surface area (Å²) in [6, 6.07) is 0. The summed E-state index contributed by atoms with van der Waals surface area (Å²) in [5.74, 6) is -14.8. The van der Waals surface area contributed by atoms with Crippen LogP contribution in [0.25, 0.3) is 0 Å². The second-order valence-electron chi connectivity index (χ2n) is 4.83. The van der Waals surface area contributed by atoms with Crippen LogP contribution in [0.2, 0.25) is 0 Å². The zero-order valence-corrected chi connectivity index (χ0v) is 12.6. The molecule has 0 fully saturated rings. The SMILES string of the molecule is CCOC(=O)CCNC1=C(F)C(=O)c2c(F)c(F)c(F)c(F)c2C1=O. The van der Waals surface area contributed by atoms with Gasteiger partial charge in [0.1, 0.15) is 5.70 Å². The highest BCUT2D eigenvalue weighted by Gasteiger charge is 2.41. The van der Waals surface area contributed by atoms with Crippen molar-refractivity contribution in [2.75, 3.05) is 13.2 Å². The van der Waals surface area contributed by atoms with Crippen LogP contribution in [0.15, 0.2) is 11.5 Å². The van der Waals surface area contributed by atoms with E-state index in [1.165, 1.54) is 0 Å². The van der Waals surface area contributed by atoms with E-state index in [1.54, 1.807) is 6.92 Å². The van der Waals surface area contributed by atoms with Crippen molar-refractivity contribution in [3.8, 4) is 0 Å². The third-order valence-corrected chi connectivity index (χ3v) is 3.30. The number of hydrogen-bond donors (Lipinski definition) is 1. The van der Waals surface area contributed by atoms with Gasteiger partial charge in [0.15, 0.2) is 29.1 Å². The standard InChI is InChI=1S/C15H10F5NO4/c1-2-25-5(22)3-4-21-13-12(20)14(23)6-7(15(13)24)9(17)11(19)10(18)8(6)16/h21H,2-4H2,1H3. The lowest BCUT2D eigenvalue weighted by Crippen LogP contribution is -2.33. The number of ketones is 2. The molecule has 0 amide bonds. The van der Waals surface area contributed by atoms with E-state index in [0.717, 1.165) is 0 Å². The Labute approximate surface area is 137 Å². The van der Waals surface area contributed by atoms with Crippen LogP contribution in [0.4, 0.5) is 22.0 Å². The van der Waals surface area contributed by atoms with Crippen molar-refractivity contribution in [2.45, 2.75) is 13.3 Å². The maximum atomic E-state index is 14.0. The maximum Gasteiger partial charge on any atom is 0.307 e. The molecule has 1 aromatic carbocycles. The van der Waals surface area contributed by atoms with E-state index in [9.17, 15) is 36.3 Å². The number of halogens is 5. The summed E-state index contributed by atoms with van der Waals surface area (Å²) in [4.78, 5) is 35.0. The van der Waals surface area contributed by atoms with Gasteiger partial charge < -0.3 is 10.1 Å². The third-order valence-electron chi connectivity index (χ3n) is 3.30. The first-order valence-corrected chi connectivity index (χ1v) is 6.96. The summed E-state index contributed by atoms with van der Waals surface area (Å²) >= 11 is 0. The number of nitrogens with one attached hydrogen (secondary N) is 1. The molecule has 0 saturated carbocycles. The number of benzene rings is 1. The normalized spacial score (nSPS) is 13.8. The van der Waals surface area contributed by atoms with E-state index in [-0.39, 0.29) is 19.6 Å². The third kappa shape index (κ3) is 3.11. The van der Waals surface area contributed by atoms with Crippen molar-refractivity contribution in [3.63, 3.8) is 0 Å². The first-order valence-electron chi connectivity index (χ1n) is 6.96. The minimum absolute atomic E-state index is 0.0794. The molecule has 0 saturated heterocycles. The van der Waals surface area contributed by atoms with Gasteiger partial charge in [-0.1, -0.05) is 0 Å². The summed E-state index contributed by atoms with van der Waals surface area (Å²) in [6.07, 6.45) is -0.326. The minimum atomic E-state index is -2.33. The van der Waals surface area contributed by atoms with Gasteiger partial charge in [-0.2, -0.15) is 0 Å². The van der Waals surface area contributed by atoms with Gasteiger partial charge in [-0.05, 0) is 6.92 Å². The van der Waals surface area contributed by atoms with Crippen molar-refractivity contribution in [1.29, 1.82) is 0 Å². The fraction of sp³-hybridized carbons (Fsp3) is 0.267. The molecule has 25 heavy (non-hydrogen) atoms. The van der Waals surface area contributed by atoms with Gasteiger partial charge in [-0.25, -0.2) is 22.0 Å². The maximum absolute atomic E-state index is 14.0. The summed E-state index contributed by atoms with van der Waals surface area (Å²) in [5, 5.41) is 2.09. The Kier molecular flexibility index (Phi) is 5.19. The fourth-order valence-electron chi connectivity index (χ4n) is 2.19. The first kappa shape index (κ1) is 18.6. The Bertz CT molecular complexity index is 819. The predicted molar refractivity (Wildman–Crippen MR) is 72.3 cm³/mol. The van der Waals surface area contributed by atoms with Gasteiger partial charge in [-0.15, -0.1) is 0 Å². The van der Waals surface area contributed by atoms with Crippen LogP contribution in [0.1, 0.15) is 34.1 Å². The Balaban J connectivity index is 2.39. The molecule has 2 rings (SSSR count). The molecule has 0 aromatic heterocycles. The van der Waals surface area contributed by atoms with Crippen LogP contribution >= 0.6 is 0 Å². The van der Waals surface area contributed by atoms with Gasteiger partial charge in [-0.3, -0.25) is 14.4 Å². The van der Waals surface area contributed by atoms with Crippen molar-refractivity contribution in [3.05, 3.63) is 45.9 Å². The molecule has 10 heteroatoms. The number of Topliss-reactive ketones (excluding diaryl/α,β-unsaturated/α-hetero) is 2. The summed E-state index contributed by atoms with van der Waals surface area (Å²) in [5.41, 5.74) is -4.01. The minimum Gasteiger partial charge on any atom is -0.466 e. The Hall–Kier alpha value is -2.78. The van der Waals surface area contributed by atoms with Crippen LogP contribution in [-0.2, 0) is 9.53 Å². The lowest BCUT2D eigenvalue weighted by molar-refractivity contribution is -0.142.